The van der Waals surface area contributed by atoms with Crippen LogP contribution in [0.3, 0.4) is 0 Å². The zero-order valence-corrected chi connectivity index (χ0v) is 16.0. The molecule has 28 heavy (non-hydrogen) atoms. The summed E-state index contributed by atoms with van der Waals surface area (Å²) in [6.07, 6.45) is 0.836. The molecular weight excluding hydrogens is 352 g/mol. The van der Waals surface area contributed by atoms with E-state index in [0.29, 0.717) is 25.2 Å². The fraction of sp³-hybridized carbons (Fsp3) is 0.364. The van der Waals surface area contributed by atoms with Crippen LogP contribution in [0.4, 0.5) is 5.69 Å². The van der Waals surface area contributed by atoms with Crippen molar-refractivity contribution in [3.63, 3.8) is 0 Å². The molecule has 0 saturated carbocycles. The van der Waals surface area contributed by atoms with Gasteiger partial charge >= 0.3 is 0 Å². The maximum atomic E-state index is 12.9. The first kappa shape index (κ1) is 18.7. The molecule has 2 N–H and O–H groups in total. The van der Waals surface area contributed by atoms with Crippen molar-refractivity contribution in [3.05, 3.63) is 65.7 Å². The van der Waals surface area contributed by atoms with Gasteiger partial charge in [-0.15, -0.1) is 0 Å². The summed E-state index contributed by atoms with van der Waals surface area (Å²) in [6, 6.07) is 17.2. The van der Waals surface area contributed by atoms with Gasteiger partial charge in [-0.1, -0.05) is 30.3 Å². The maximum Gasteiger partial charge on any atom is 0.253 e. The topological polar surface area (TPSA) is 69.9 Å². The van der Waals surface area contributed by atoms with E-state index >= 15 is 0 Å². The van der Waals surface area contributed by atoms with Crippen LogP contribution in [-0.4, -0.2) is 60.4 Å². The van der Waals surface area contributed by atoms with E-state index in [1.807, 2.05) is 64.4 Å². The molecule has 146 valence electrons. The second-order valence-corrected chi connectivity index (χ2v) is 7.36. The van der Waals surface area contributed by atoms with E-state index in [4.69, 9.17) is 5.73 Å². The minimum Gasteiger partial charge on any atom is -0.336 e. The van der Waals surface area contributed by atoms with Crippen LogP contribution in [0.15, 0.2) is 54.6 Å². The first-order valence-electron chi connectivity index (χ1n) is 9.86. The van der Waals surface area contributed by atoms with Crippen LogP contribution in [0.5, 0.6) is 0 Å². The van der Waals surface area contributed by atoms with E-state index in [0.717, 1.165) is 37.3 Å². The van der Waals surface area contributed by atoms with Crippen LogP contribution in [0, 0.1) is 0 Å². The van der Waals surface area contributed by atoms with E-state index in [2.05, 4.69) is 4.90 Å². The van der Waals surface area contributed by atoms with Gasteiger partial charge in [-0.3, -0.25) is 14.5 Å². The Kier molecular flexibility index (Phi) is 5.41. The summed E-state index contributed by atoms with van der Waals surface area (Å²) in [7, 11) is 0. The van der Waals surface area contributed by atoms with Crippen molar-refractivity contribution in [2.24, 2.45) is 5.73 Å². The minimum atomic E-state index is -0.0821. The number of hydrogen-bond acceptors (Lipinski definition) is 4. The lowest BCUT2D eigenvalue weighted by atomic mass is 10.1. The lowest BCUT2D eigenvalue weighted by Gasteiger charge is -2.37. The third kappa shape index (κ3) is 3.66. The molecule has 2 aromatic carbocycles. The Morgan fingerprint density at radius 2 is 1.61 bits per heavy atom. The first-order chi connectivity index (χ1) is 13.7. The standard InChI is InChI=1S/C22H26N4O2/c23-16-17-6-8-18(9-7-17)21(27)25-14-12-24(13-15-25)20-10-11-26(22(20)28)19-4-2-1-3-5-19/h1-9,20H,10-16,23H2. The molecule has 0 spiro atoms. The molecule has 2 aliphatic heterocycles. The molecule has 2 heterocycles. The number of nitrogens with zero attached hydrogens (tertiary/aromatic N) is 3. The highest BCUT2D eigenvalue weighted by Gasteiger charge is 2.38. The van der Waals surface area contributed by atoms with Gasteiger partial charge in [-0.25, -0.2) is 0 Å². The predicted octanol–water partition coefficient (Wildman–Crippen LogP) is 1.71. The smallest absolute Gasteiger partial charge is 0.253 e. The van der Waals surface area contributed by atoms with Crippen LogP contribution in [0.1, 0.15) is 22.3 Å². The molecule has 0 bridgehead atoms. The highest BCUT2D eigenvalue weighted by Crippen LogP contribution is 2.25. The van der Waals surface area contributed by atoms with E-state index in [9.17, 15) is 9.59 Å². The molecule has 4 rings (SSSR count). The van der Waals surface area contributed by atoms with Crippen molar-refractivity contribution < 1.29 is 9.59 Å². The summed E-state index contributed by atoms with van der Waals surface area (Å²) in [5.41, 5.74) is 8.29. The Hall–Kier alpha value is -2.70. The number of hydrogen-bond donors (Lipinski definition) is 1. The van der Waals surface area contributed by atoms with E-state index in [1.165, 1.54) is 0 Å². The molecule has 6 heteroatoms. The first-order valence-corrected chi connectivity index (χ1v) is 9.86. The monoisotopic (exact) mass is 378 g/mol. The van der Waals surface area contributed by atoms with Crippen LogP contribution >= 0.6 is 0 Å². The third-order valence-electron chi connectivity index (χ3n) is 5.72. The summed E-state index contributed by atoms with van der Waals surface area (Å²) in [6.45, 7) is 3.97. The zero-order chi connectivity index (χ0) is 19.5. The number of amides is 2. The van der Waals surface area contributed by atoms with Crippen molar-refractivity contribution in [1.82, 2.24) is 9.80 Å². The molecule has 2 saturated heterocycles. The normalized spacial score (nSPS) is 20.6. The quantitative estimate of drug-likeness (QED) is 0.879. The average Bonchev–Trinajstić information content (AvgIpc) is 3.15. The van der Waals surface area contributed by atoms with Gasteiger partial charge in [-0.2, -0.15) is 0 Å². The fourth-order valence-electron chi connectivity index (χ4n) is 4.07. The van der Waals surface area contributed by atoms with Gasteiger partial charge < -0.3 is 15.5 Å². The van der Waals surface area contributed by atoms with Gasteiger partial charge in [0.05, 0.1) is 6.04 Å². The number of benzene rings is 2. The van der Waals surface area contributed by atoms with E-state index in [1.54, 1.807) is 0 Å². The summed E-state index contributed by atoms with van der Waals surface area (Å²) in [5.74, 6) is 0.218. The highest BCUT2D eigenvalue weighted by atomic mass is 16.2. The molecule has 2 amide bonds. The Morgan fingerprint density at radius 3 is 2.25 bits per heavy atom. The lowest BCUT2D eigenvalue weighted by Crippen LogP contribution is -2.53. The molecule has 2 fully saturated rings. The number of rotatable bonds is 4. The van der Waals surface area contributed by atoms with Gasteiger partial charge in [0.1, 0.15) is 0 Å². The summed E-state index contributed by atoms with van der Waals surface area (Å²) < 4.78 is 0. The van der Waals surface area contributed by atoms with E-state index < -0.39 is 0 Å². The molecular formula is C22H26N4O2. The molecule has 1 unspecified atom stereocenters. The number of para-hydroxylation sites is 1. The number of piperazine rings is 1. The summed E-state index contributed by atoms with van der Waals surface area (Å²) in [4.78, 5) is 31.6. The minimum absolute atomic E-state index is 0.0480. The number of nitrogens with two attached hydrogens (primary N) is 1. The summed E-state index contributed by atoms with van der Waals surface area (Å²) >= 11 is 0. The number of carbonyl (C=O) groups excluding carboxylic acids is 2. The predicted molar refractivity (Wildman–Crippen MR) is 109 cm³/mol. The van der Waals surface area contributed by atoms with Gasteiger partial charge in [0.25, 0.3) is 5.91 Å². The van der Waals surface area contributed by atoms with Gasteiger partial charge in [0, 0.05) is 50.5 Å². The molecule has 0 aliphatic carbocycles. The average molecular weight is 378 g/mol. The van der Waals surface area contributed by atoms with Gasteiger partial charge in [-0.05, 0) is 36.2 Å². The highest BCUT2D eigenvalue weighted by molar-refractivity contribution is 5.99. The Labute approximate surface area is 165 Å². The van der Waals surface area contributed by atoms with Crippen LogP contribution < -0.4 is 10.6 Å². The fourth-order valence-corrected chi connectivity index (χ4v) is 4.07. The second-order valence-electron chi connectivity index (χ2n) is 7.36. The van der Waals surface area contributed by atoms with Crippen LogP contribution in [0.25, 0.3) is 0 Å². The number of anilines is 1. The zero-order valence-electron chi connectivity index (χ0n) is 16.0. The van der Waals surface area contributed by atoms with Crippen LogP contribution in [0.2, 0.25) is 0 Å². The second kappa shape index (κ2) is 8.12. The molecule has 2 aliphatic rings. The third-order valence-corrected chi connectivity index (χ3v) is 5.72. The molecule has 0 radical (unpaired) electrons. The molecule has 6 nitrogen and oxygen atoms in total. The molecule has 1 atom stereocenters. The SMILES string of the molecule is NCc1ccc(C(=O)N2CCN(C3CCN(c4ccccc4)C3=O)CC2)cc1. The Morgan fingerprint density at radius 1 is 0.929 bits per heavy atom. The molecule has 2 aromatic rings. The van der Waals surface area contributed by atoms with E-state index in [-0.39, 0.29) is 17.9 Å². The molecule has 0 aromatic heterocycles. The van der Waals surface area contributed by atoms with Crippen molar-refractivity contribution in [3.8, 4) is 0 Å². The van der Waals surface area contributed by atoms with Crippen molar-refractivity contribution >= 4 is 17.5 Å². The maximum absolute atomic E-state index is 12.9. The largest absolute Gasteiger partial charge is 0.336 e. The lowest BCUT2D eigenvalue weighted by molar-refractivity contribution is -0.122. The van der Waals surface area contributed by atoms with Gasteiger partial charge in [0.2, 0.25) is 5.91 Å². The number of carbonyl (C=O) groups is 2. The Balaban J connectivity index is 1.35. The van der Waals surface area contributed by atoms with Crippen molar-refractivity contribution in [2.45, 2.75) is 19.0 Å². The van der Waals surface area contributed by atoms with Crippen molar-refractivity contribution in [2.75, 3.05) is 37.6 Å². The Bertz CT molecular complexity index is 829. The van der Waals surface area contributed by atoms with Crippen molar-refractivity contribution in [1.29, 1.82) is 0 Å². The van der Waals surface area contributed by atoms with Crippen LogP contribution in [-0.2, 0) is 11.3 Å². The van der Waals surface area contributed by atoms with Gasteiger partial charge in [0.15, 0.2) is 0 Å². The summed E-state index contributed by atoms with van der Waals surface area (Å²) in [5, 5.41) is 0.